The average molecular weight is 457 g/mol. The summed E-state index contributed by atoms with van der Waals surface area (Å²) in [5.74, 6) is -2.23. The van der Waals surface area contributed by atoms with Gasteiger partial charge >= 0.3 is 12.1 Å². The van der Waals surface area contributed by atoms with Gasteiger partial charge in [-0.2, -0.15) is 0 Å². The van der Waals surface area contributed by atoms with Crippen molar-refractivity contribution in [3.8, 4) is 0 Å². The molecule has 0 aliphatic rings. The van der Waals surface area contributed by atoms with Crippen molar-refractivity contribution >= 4 is 23.9 Å². The Kier molecular flexibility index (Phi) is 9.91. The number of rotatable bonds is 11. The van der Waals surface area contributed by atoms with Crippen LogP contribution in [0, 0.1) is 11.3 Å². The summed E-state index contributed by atoms with van der Waals surface area (Å²) in [7, 11) is 0. The Balaban J connectivity index is 2.83. The Morgan fingerprint density at radius 3 is 2.47 bits per heavy atom. The molecule has 180 valence electrons. The third kappa shape index (κ3) is 10.1. The molecule has 0 spiro atoms. The van der Waals surface area contributed by atoms with E-state index < -0.39 is 41.6 Å². The maximum absolute atomic E-state index is 12.4. The second-order valence-corrected chi connectivity index (χ2v) is 8.42. The molecule has 13 nitrogen and oxygen atoms in total. The molecule has 0 radical (unpaired) electrons. The molecule has 0 saturated heterocycles. The zero-order valence-corrected chi connectivity index (χ0v) is 18.9. The van der Waals surface area contributed by atoms with Crippen molar-refractivity contribution in [2.45, 2.75) is 65.1 Å². The molecule has 1 aromatic rings. The van der Waals surface area contributed by atoms with Crippen molar-refractivity contribution in [2.24, 2.45) is 11.7 Å². The van der Waals surface area contributed by atoms with Gasteiger partial charge in [0.25, 0.3) is 5.91 Å². The van der Waals surface area contributed by atoms with Crippen LogP contribution in [0.25, 0.3) is 0 Å². The van der Waals surface area contributed by atoms with Gasteiger partial charge in [-0.05, 0) is 33.1 Å². The number of aromatic nitrogens is 1. The number of carboxylic acid groups (broad SMARTS) is 1. The Bertz CT molecular complexity index is 802. The Morgan fingerprint density at radius 2 is 1.94 bits per heavy atom. The lowest BCUT2D eigenvalue weighted by atomic mass is 10.0. The first-order valence-corrected chi connectivity index (χ1v) is 9.99. The van der Waals surface area contributed by atoms with Crippen molar-refractivity contribution in [3.05, 3.63) is 17.8 Å². The number of carboxylic acids is 1. The number of aliphatic carboxylic acids is 1. The molecular weight excluding hydrogens is 424 g/mol. The summed E-state index contributed by atoms with van der Waals surface area (Å²) in [5.41, 5.74) is 6.28. The predicted octanol–water partition coefficient (Wildman–Crippen LogP) is 1.27. The number of carbonyl (C=O) groups excluding carboxylic acids is 2. The van der Waals surface area contributed by atoms with E-state index in [9.17, 15) is 19.5 Å². The number of ether oxygens (including phenoxy) is 1. The summed E-state index contributed by atoms with van der Waals surface area (Å²) in [6.07, 6.45) is 0.806. The topological polar surface area (TPSA) is 202 Å². The molecule has 0 bridgehead atoms. The summed E-state index contributed by atoms with van der Waals surface area (Å²) < 4.78 is 10.6. The lowest BCUT2D eigenvalue weighted by molar-refractivity contribution is -0.139. The highest BCUT2D eigenvalue weighted by atomic mass is 16.6. The van der Waals surface area contributed by atoms with Gasteiger partial charge in [0.05, 0.1) is 6.61 Å². The largest absolute Gasteiger partial charge is 0.480 e. The highest BCUT2D eigenvalue weighted by molar-refractivity contribution is 5.94. The lowest BCUT2D eigenvalue weighted by Gasteiger charge is -2.23. The van der Waals surface area contributed by atoms with E-state index in [0.29, 0.717) is 6.42 Å². The van der Waals surface area contributed by atoms with Gasteiger partial charge in [-0.1, -0.05) is 13.8 Å². The van der Waals surface area contributed by atoms with E-state index >= 15 is 0 Å². The molecule has 0 aliphatic heterocycles. The maximum atomic E-state index is 12.4. The van der Waals surface area contributed by atoms with Gasteiger partial charge in [0.2, 0.25) is 11.9 Å². The number of nitrogens with two attached hydrogens (primary N) is 1. The van der Waals surface area contributed by atoms with Crippen LogP contribution in [0.5, 0.6) is 0 Å². The van der Waals surface area contributed by atoms with Gasteiger partial charge in [-0.25, -0.2) is 20.1 Å². The quantitative estimate of drug-likeness (QED) is 0.122. The molecule has 1 heterocycles. The molecular formula is C19H32N6O7. The fraction of sp³-hybridized carbons (Fsp3) is 0.632. The molecule has 0 fully saturated rings. The molecule has 1 aromatic heterocycles. The zero-order chi connectivity index (χ0) is 24.5. The third-order valence-electron chi connectivity index (χ3n) is 3.74. The van der Waals surface area contributed by atoms with Crippen LogP contribution < -0.4 is 21.8 Å². The number of hydrogen-bond donors (Lipinski definition) is 6. The summed E-state index contributed by atoms with van der Waals surface area (Å²) in [5, 5.41) is 21.3. The van der Waals surface area contributed by atoms with Crippen molar-refractivity contribution in [1.29, 1.82) is 5.41 Å². The van der Waals surface area contributed by atoms with Crippen molar-refractivity contribution in [2.75, 3.05) is 6.61 Å². The number of carbonyl (C=O) groups is 3. The summed E-state index contributed by atoms with van der Waals surface area (Å²) in [6, 6.07) is -1.92. The molecule has 2 amide bonds. The molecule has 0 aliphatic carbocycles. The van der Waals surface area contributed by atoms with Gasteiger partial charge in [0.15, 0.2) is 5.69 Å². The molecule has 13 heteroatoms. The highest BCUT2D eigenvalue weighted by Crippen LogP contribution is 2.22. The summed E-state index contributed by atoms with van der Waals surface area (Å²) in [6.45, 7) is 8.96. The minimum absolute atomic E-state index is 0.0931. The lowest BCUT2D eigenvalue weighted by Crippen LogP contribution is -2.42. The zero-order valence-electron chi connectivity index (χ0n) is 18.9. The van der Waals surface area contributed by atoms with Gasteiger partial charge < -0.3 is 30.6 Å². The molecule has 32 heavy (non-hydrogen) atoms. The van der Waals surface area contributed by atoms with E-state index in [1.807, 2.05) is 13.8 Å². The second kappa shape index (κ2) is 11.9. The first kappa shape index (κ1) is 26.7. The Labute approximate surface area is 185 Å². The van der Waals surface area contributed by atoms with Crippen LogP contribution in [0.15, 0.2) is 10.7 Å². The molecule has 1 rings (SSSR count). The van der Waals surface area contributed by atoms with Crippen LogP contribution in [-0.4, -0.2) is 52.3 Å². The minimum Gasteiger partial charge on any atom is -0.480 e. The van der Waals surface area contributed by atoms with Crippen molar-refractivity contribution in [1.82, 2.24) is 21.1 Å². The van der Waals surface area contributed by atoms with Crippen molar-refractivity contribution in [3.63, 3.8) is 0 Å². The van der Waals surface area contributed by atoms with E-state index in [1.54, 1.807) is 20.8 Å². The summed E-state index contributed by atoms with van der Waals surface area (Å²) in [4.78, 5) is 44.9. The van der Waals surface area contributed by atoms with Crippen LogP contribution in [0.2, 0.25) is 0 Å². The molecule has 7 N–H and O–H groups in total. The maximum Gasteiger partial charge on any atom is 0.408 e. The Morgan fingerprint density at radius 1 is 1.28 bits per heavy atom. The molecule has 0 saturated carbocycles. The minimum atomic E-state index is -1.28. The van der Waals surface area contributed by atoms with Crippen LogP contribution in [-0.2, 0) is 14.4 Å². The van der Waals surface area contributed by atoms with Crippen molar-refractivity contribution < 1.29 is 33.5 Å². The standard InChI is InChI=1S/C19H32N6O7/c1-10(2)8-12(24-18(29)32-19(3,4)5)15-23-13(9-30-15)14(26)22-11(16(27)28)6-7-31-25-17(20)21/h9-12H,6-8H2,1-5H3,(H,22,26)(H,24,29)(H,27,28)(H4,20,21,25)/t11-,12-/m0/s1. The number of hydroxylamine groups is 1. The SMILES string of the molecule is CC(C)C[C@H](NC(=O)OC(C)(C)C)c1nc(C(=O)N[C@@H](CCONC(=N)N)C(=O)O)co1. The number of oxazole rings is 1. The average Bonchev–Trinajstić information content (AvgIpc) is 3.11. The van der Waals surface area contributed by atoms with Gasteiger partial charge in [0, 0.05) is 6.42 Å². The Hall–Kier alpha value is -3.35. The van der Waals surface area contributed by atoms with Crippen LogP contribution in [0.1, 0.15) is 69.9 Å². The van der Waals surface area contributed by atoms with Gasteiger partial charge in [0.1, 0.15) is 23.9 Å². The fourth-order valence-corrected chi connectivity index (χ4v) is 2.49. The number of alkyl carbamates (subject to hydrolysis) is 1. The smallest absolute Gasteiger partial charge is 0.408 e. The van der Waals surface area contributed by atoms with Crippen LogP contribution >= 0.6 is 0 Å². The van der Waals surface area contributed by atoms with Crippen LogP contribution in [0.3, 0.4) is 0 Å². The van der Waals surface area contributed by atoms with Gasteiger partial charge in [-0.15, -0.1) is 0 Å². The summed E-state index contributed by atoms with van der Waals surface area (Å²) >= 11 is 0. The molecule has 0 aromatic carbocycles. The first-order chi connectivity index (χ1) is 14.8. The van der Waals surface area contributed by atoms with E-state index in [1.165, 1.54) is 0 Å². The number of amides is 2. The second-order valence-electron chi connectivity index (χ2n) is 8.42. The van der Waals surface area contributed by atoms with E-state index in [4.69, 9.17) is 25.1 Å². The normalized spacial score (nSPS) is 13.2. The number of hydrogen-bond acceptors (Lipinski definition) is 8. The number of nitrogens with zero attached hydrogens (tertiary/aromatic N) is 1. The number of guanidine groups is 1. The molecule has 2 atom stereocenters. The van der Waals surface area contributed by atoms with E-state index in [0.717, 1.165) is 6.26 Å². The first-order valence-electron chi connectivity index (χ1n) is 9.99. The molecule has 0 unspecified atom stereocenters. The van der Waals surface area contributed by atoms with Gasteiger partial charge in [-0.3, -0.25) is 15.0 Å². The highest BCUT2D eigenvalue weighted by Gasteiger charge is 2.27. The van der Waals surface area contributed by atoms with Crippen LogP contribution in [0.4, 0.5) is 4.79 Å². The fourth-order valence-electron chi connectivity index (χ4n) is 2.49. The van der Waals surface area contributed by atoms with E-state index in [2.05, 4.69) is 21.1 Å². The predicted molar refractivity (Wildman–Crippen MR) is 113 cm³/mol. The van der Waals surface area contributed by atoms with E-state index in [-0.39, 0.29) is 30.5 Å². The third-order valence-corrected chi connectivity index (χ3v) is 3.74. The number of nitrogens with one attached hydrogen (secondary N) is 4. The monoisotopic (exact) mass is 456 g/mol.